The predicted octanol–water partition coefficient (Wildman–Crippen LogP) is 3.35. The Hall–Kier alpha value is -2.16. The molecule has 0 N–H and O–H groups in total. The van der Waals surface area contributed by atoms with Crippen LogP contribution in [-0.2, 0) is 0 Å². The Morgan fingerprint density at radius 2 is 1.72 bits per heavy atom. The highest BCUT2D eigenvalue weighted by atomic mass is 16.5. The second-order valence-corrected chi connectivity index (χ2v) is 4.28. The average Bonchev–Trinajstić information content (AvgIpc) is 2.39. The Morgan fingerprint density at radius 1 is 1.06 bits per heavy atom. The highest BCUT2D eigenvalue weighted by Crippen LogP contribution is 2.22. The van der Waals surface area contributed by atoms with Crippen molar-refractivity contribution < 1.29 is 9.53 Å². The molecule has 2 aromatic rings. The monoisotopic (exact) mass is 241 g/mol. The van der Waals surface area contributed by atoms with Crippen LogP contribution in [0.1, 0.15) is 24.3 Å². The number of benzene rings is 1. The molecule has 1 aromatic carbocycles. The molecule has 18 heavy (non-hydrogen) atoms. The topological polar surface area (TPSA) is 39.2 Å². The van der Waals surface area contributed by atoms with Crippen LogP contribution >= 0.6 is 0 Å². The molecule has 3 heteroatoms. The molecular formula is C15H15NO2. The van der Waals surface area contributed by atoms with Crippen molar-refractivity contribution in [3.63, 3.8) is 0 Å². The van der Waals surface area contributed by atoms with Gasteiger partial charge in [0.15, 0.2) is 6.29 Å². The van der Waals surface area contributed by atoms with Gasteiger partial charge in [-0.1, -0.05) is 18.2 Å². The third-order valence-electron chi connectivity index (χ3n) is 2.47. The molecule has 0 fully saturated rings. The minimum atomic E-state index is 0.171. The predicted molar refractivity (Wildman–Crippen MR) is 70.8 cm³/mol. The maximum atomic E-state index is 10.5. The van der Waals surface area contributed by atoms with Crippen LogP contribution in [0.3, 0.4) is 0 Å². The quantitative estimate of drug-likeness (QED) is 0.770. The average molecular weight is 241 g/mol. The Bertz CT molecular complexity index is 515. The Balaban J connectivity index is 2.20. The molecule has 0 amide bonds. The number of rotatable bonds is 4. The number of carbonyl (C=O) groups is 1. The first-order chi connectivity index (χ1) is 8.69. The van der Waals surface area contributed by atoms with Crippen LogP contribution in [0.4, 0.5) is 0 Å². The van der Waals surface area contributed by atoms with Gasteiger partial charge in [-0.2, -0.15) is 0 Å². The van der Waals surface area contributed by atoms with E-state index in [-0.39, 0.29) is 6.10 Å². The summed E-state index contributed by atoms with van der Waals surface area (Å²) in [5, 5.41) is 0. The number of hydrogen-bond acceptors (Lipinski definition) is 3. The smallest absolute Gasteiger partial charge is 0.168 e. The first-order valence-electron chi connectivity index (χ1n) is 5.87. The van der Waals surface area contributed by atoms with E-state index in [0.717, 1.165) is 23.2 Å². The third-order valence-corrected chi connectivity index (χ3v) is 2.47. The van der Waals surface area contributed by atoms with Crippen LogP contribution in [0.2, 0.25) is 0 Å². The summed E-state index contributed by atoms with van der Waals surface area (Å²) in [7, 11) is 0. The summed E-state index contributed by atoms with van der Waals surface area (Å²) < 4.78 is 5.58. The van der Waals surface area contributed by atoms with E-state index in [1.54, 1.807) is 12.3 Å². The van der Waals surface area contributed by atoms with Gasteiger partial charge in [0.05, 0.1) is 6.10 Å². The highest BCUT2D eigenvalue weighted by molar-refractivity contribution is 5.73. The van der Waals surface area contributed by atoms with E-state index in [0.29, 0.717) is 5.69 Å². The number of aromatic nitrogens is 1. The van der Waals surface area contributed by atoms with Crippen LogP contribution in [0, 0.1) is 0 Å². The summed E-state index contributed by atoms with van der Waals surface area (Å²) in [4.78, 5) is 14.6. The molecule has 0 spiro atoms. The van der Waals surface area contributed by atoms with Crippen molar-refractivity contribution in [2.75, 3.05) is 0 Å². The maximum absolute atomic E-state index is 10.5. The molecule has 92 valence electrons. The number of hydrogen-bond donors (Lipinski definition) is 0. The largest absolute Gasteiger partial charge is 0.491 e. The molecule has 1 heterocycles. The van der Waals surface area contributed by atoms with E-state index in [4.69, 9.17) is 4.74 Å². The van der Waals surface area contributed by atoms with Crippen LogP contribution in [0.5, 0.6) is 5.75 Å². The van der Waals surface area contributed by atoms with Crippen LogP contribution in [-0.4, -0.2) is 17.4 Å². The lowest BCUT2D eigenvalue weighted by atomic mass is 10.1. The maximum Gasteiger partial charge on any atom is 0.168 e. The van der Waals surface area contributed by atoms with Gasteiger partial charge in [-0.05, 0) is 37.6 Å². The van der Waals surface area contributed by atoms with Gasteiger partial charge in [0.2, 0.25) is 0 Å². The van der Waals surface area contributed by atoms with E-state index in [1.807, 2.05) is 44.2 Å². The van der Waals surface area contributed by atoms with Crippen molar-refractivity contribution in [1.29, 1.82) is 0 Å². The third kappa shape index (κ3) is 2.94. The first kappa shape index (κ1) is 12.3. The van der Waals surface area contributed by atoms with Crippen molar-refractivity contribution in [3.8, 4) is 16.9 Å². The summed E-state index contributed by atoms with van der Waals surface area (Å²) in [6, 6.07) is 11.4. The number of aldehydes is 1. The lowest BCUT2D eigenvalue weighted by Gasteiger charge is -2.10. The number of nitrogens with zero attached hydrogens (tertiary/aromatic N) is 1. The van der Waals surface area contributed by atoms with Crippen LogP contribution < -0.4 is 4.74 Å². The van der Waals surface area contributed by atoms with Gasteiger partial charge in [-0.15, -0.1) is 0 Å². The van der Waals surface area contributed by atoms with Crippen LogP contribution in [0.15, 0.2) is 42.6 Å². The molecule has 0 aliphatic carbocycles. The Kier molecular flexibility index (Phi) is 3.72. The minimum Gasteiger partial charge on any atom is -0.491 e. The Morgan fingerprint density at radius 3 is 2.22 bits per heavy atom. The zero-order chi connectivity index (χ0) is 13.0. The van der Waals surface area contributed by atoms with E-state index in [2.05, 4.69) is 4.98 Å². The summed E-state index contributed by atoms with van der Waals surface area (Å²) in [6.07, 6.45) is 2.61. The van der Waals surface area contributed by atoms with Gasteiger partial charge in [-0.25, -0.2) is 0 Å². The van der Waals surface area contributed by atoms with Crippen molar-refractivity contribution in [1.82, 2.24) is 4.98 Å². The van der Waals surface area contributed by atoms with Gasteiger partial charge < -0.3 is 4.74 Å². The number of ether oxygens (including phenoxy) is 1. The molecule has 1 aromatic heterocycles. The fourth-order valence-electron chi connectivity index (χ4n) is 1.64. The molecule has 0 atom stereocenters. The van der Waals surface area contributed by atoms with Gasteiger partial charge in [0, 0.05) is 11.8 Å². The number of pyridine rings is 1. The fraction of sp³-hybridized carbons (Fsp3) is 0.200. The lowest BCUT2D eigenvalue weighted by molar-refractivity contribution is 0.111. The van der Waals surface area contributed by atoms with E-state index < -0.39 is 0 Å². The summed E-state index contributed by atoms with van der Waals surface area (Å²) in [5.41, 5.74) is 2.48. The molecule has 0 aliphatic heterocycles. The van der Waals surface area contributed by atoms with Gasteiger partial charge in [0.1, 0.15) is 11.4 Å². The van der Waals surface area contributed by atoms with E-state index in [9.17, 15) is 4.79 Å². The molecule has 3 nitrogen and oxygen atoms in total. The highest BCUT2D eigenvalue weighted by Gasteiger charge is 2.01. The lowest BCUT2D eigenvalue weighted by Crippen LogP contribution is -2.05. The van der Waals surface area contributed by atoms with Gasteiger partial charge in [0.25, 0.3) is 0 Å². The second kappa shape index (κ2) is 5.45. The second-order valence-electron chi connectivity index (χ2n) is 4.28. The van der Waals surface area contributed by atoms with Crippen molar-refractivity contribution in [2.24, 2.45) is 0 Å². The zero-order valence-corrected chi connectivity index (χ0v) is 10.5. The number of carbonyl (C=O) groups excluding carboxylic acids is 1. The zero-order valence-electron chi connectivity index (χ0n) is 10.5. The molecule has 0 aliphatic rings. The molecule has 0 radical (unpaired) electrons. The summed E-state index contributed by atoms with van der Waals surface area (Å²) in [6.45, 7) is 3.99. The fourth-order valence-corrected chi connectivity index (χ4v) is 1.64. The molecular weight excluding hydrogens is 226 g/mol. The molecule has 0 unspecified atom stereocenters. The summed E-state index contributed by atoms with van der Waals surface area (Å²) >= 11 is 0. The van der Waals surface area contributed by atoms with Gasteiger partial charge in [-0.3, -0.25) is 9.78 Å². The van der Waals surface area contributed by atoms with Crippen molar-refractivity contribution in [2.45, 2.75) is 20.0 Å². The molecule has 0 saturated carbocycles. The van der Waals surface area contributed by atoms with Crippen molar-refractivity contribution >= 4 is 6.29 Å². The van der Waals surface area contributed by atoms with Crippen molar-refractivity contribution in [3.05, 3.63) is 48.3 Å². The van der Waals surface area contributed by atoms with E-state index >= 15 is 0 Å². The summed E-state index contributed by atoms with van der Waals surface area (Å²) in [5.74, 6) is 0.853. The molecule has 2 rings (SSSR count). The van der Waals surface area contributed by atoms with Gasteiger partial charge >= 0.3 is 0 Å². The standard InChI is InChI=1S/C15H15NO2/c1-11(2)18-15-7-4-12(5-8-15)13-3-6-14(10-17)16-9-13/h3-11H,1-2H3. The normalized spacial score (nSPS) is 10.4. The Labute approximate surface area is 106 Å². The van der Waals surface area contributed by atoms with E-state index in [1.165, 1.54) is 0 Å². The SMILES string of the molecule is CC(C)Oc1ccc(-c2ccc(C=O)nc2)cc1. The minimum absolute atomic E-state index is 0.171. The first-order valence-corrected chi connectivity index (χ1v) is 5.87. The molecule has 0 bridgehead atoms. The van der Waals surface area contributed by atoms with Crippen LogP contribution in [0.25, 0.3) is 11.1 Å². The molecule has 0 saturated heterocycles.